The van der Waals surface area contributed by atoms with Gasteiger partial charge in [-0.2, -0.15) is 26.3 Å². The third-order valence-corrected chi connectivity index (χ3v) is 8.45. The molecule has 0 bridgehead atoms. The van der Waals surface area contributed by atoms with Crippen LogP contribution in [0, 0.1) is 5.92 Å². The molecule has 0 radical (unpaired) electrons. The number of halogens is 6. The molecule has 0 aromatic carbocycles. The Hall–Kier alpha value is -1.05. The minimum Gasteiger partial charge on any atom is -0.462 e. The first-order valence-electron chi connectivity index (χ1n) is 7.32. The number of carbonyl (C=O) groups excluding carboxylic acids is 1. The molecule has 1 aliphatic rings. The van der Waals surface area contributed by atoms with Crippen molar-refractivity contribution < 1.29 is 52.7 Å². The first-order valence-corrected chi connectivity index (χ1v) is 10.4. The molecule has 0 aromatic rings. The largest absolute Gasteiger partial charge is 0.498 e. The van der Waals surface area contributed by atoms with Crippen molar-refractivity contribution in [3.05, 3.63) is 0 Å². The number of carbonyl (C=O) groups is 1. The zero-order valence-corrected chi connectivity index (χ0v) is 14.9. The molecule has 1 rings (SSSR count). The second kappa shape index (κ2) is 7.52. The van der Waals surface area contributed by atoms with Crippen LogP contribution in [-0.2, 0) is 29.2 Å². The fourth-order valence-electron chi connectivity index (χ4n) is 2.49. The number of ether oxygens (including phenoxy) is 1. The average molecular weight is 434 g/mol. The van der Waals surface area contributed by atoms with E-state index in [1.54, 1.807) is 0 Å². The normalized spacial score (nSPS) is 18.9. The molecular formula is C12H16F6O6S2. The van der Waals surface area contributed by atoms with E-state index in [1.165, 1.54) is 0 Å². The van der Waals surface area contributed by atoms with Gasteiger partial charge < -0.3 is 4.74 Å². The molecule has 0 amide bonds. The summed E-state index contributed by atoms with van der Waals surface area (Å²) >= 11 is 0. The smallest absolute Gasteiger partial charge is 0.462 e. The molecule has 1 unspecified atom stereocenters. The second-order valence-corrected chi connectivity index (χ2v) is 10.4. The van der Waals surface area contributed by atoms with Gasteiger partial charge in [-0.15, -0.1) is 0 Å². The highest BCUT2D eigenvalue weighted by Gasteiger charge is 2.63. The summed E-state index contributed by atoms with van der Waals surface area (Å²) in [4.78, 5) is 11.8. The molecule has 0 spiro atoms. The van der Waals surface area contributed by atoms with E-state index in [0.717, 1.165) is 6.92 Å². The van der Waals surface area contributed by atoms with Gasteiger partial charge in [0.1, 0.15) is 6.10 Å². The zero-order valence-electron chi connectivity index (χ0n) is 13.3. The van der Waals surface area contributed by atoms with E-state index in [9.17, 15) is 48.0 Å². The Morgan fingerprint density at radius 2 is 1.35 bits per heavy atom. The predicted molar refractivity (Wildman–Crippen MR) is 75.9 cm³/mol. The van der Waals surface area contributed by atoms with Crippen molar-refractivity contribution in [2.24, 2.45) is 5.92 Å². The lowest BCUT2D eigenvalue weighted by Gasteiger charge is -2.24. The van der Waals surface area contributed by atoms with Gasteiger partial charge in [-0.25, -0.2) is 16.8 Å². The minimum absolute atomic E-state index is 0.413. The van der Waals surface area contributed by atoms with Gasteiger partial charge >= 0.3 is 17.0 Å². The third-order valence-electron chi connectivity index (χ3n) is 3.87. The summed E-state index contributed by atoms with van der Waals surface area (Å²) in [6.45, 7) is 0.831. The lowest BCUT2D eigenvalue weighted by Crippen LogP contribution is -2.46. The lowest BCUT2D eigenvalue weighted by molar-refractivity contribution is -0.153. The van der Waals surface area contributed by atoms with Crippen molar-refractivity contribution >= 4 is 25.6 Å². The van der Waals surface area contributed by atoms with Crippen LogP contribution in [0.4, 0.5) is 26.3 Å². The molecule has 26 heavy (non-hydrogen) atoms. The number of rotatable bonds is 6. The van der Waals surface area contributed by atoms with Gasteiger partial charge in [-0.3, -0.25) is 4.79 Å². The Morgan fingerprint density at radius 3 is 1.69 bits per heavy atom. The Kier molecular flexibility index (Phi) is 6.65. The number of hydrogen-bond acceptors (Lipinski definition) is 6. The summed E-state index contributed by atoms with van der Waals surface area (Å²) in [5.74, 6) is -1.52. The lowest BCUT2D eigenvalue weighted by atomic mass is 10.1. The van der Waals surface area contributed by atoms with Crippen molar-refractivity contribution in [3.8, 4) is 0 Å². The number of esters is 1. The van der Waals surface area contributed by atoms with Crippen molar-refractivity contribution in [2.75, 3.05) is 0 Å². The molecule has 154 valence electrons. The number of hydrogen-bond donors (Lipinski definition) is 0. The molecule has 0 heterocycles. The Morgan fingerprint density at radius 1 is 0.962 bits per heavy atom. The van der Waals surface area contributed by atoms with Crippen LogP contribution in [0.25, 0.3) is 0 Å². The van der Waals surface area contributed by atoms with Gasteiger partial charge in [-0.1, -0.05) is 12.8 Å². The van der Waals surface area contributed by atoms with Crippen molar-refractivity contribution in [1.82, 2.24) is 0 Å². The molecule has 1 fully saturated rings. The van der Waals surface area contributed by atoms with Crippen LogP contribution in [0.15, 0.2) is 0 Å². The molecule has 0 saturated heterocycles. The quantitative estimate of drug-likeness (QED) is 0.471. The van der Waals surface area contributed by atoms with Crippen molar-refractivity contribution in [3.63, 3.8) is 0 Å². The van der Waals surface area contributed by atoms with Crippen LogP contribution in [0.2, 0.25) is 0 Å². The molecular weight excluding hydrogens is 418 g/mol. The summed E-state index contributed by atoms with van der Waals surface area (Å²) < 4.78 is 122. The highest BCUT2D eigenvalue weighted by Crippen LogP contribution is 2.38. The zero-order chi connectivity index (χ0) is 20.6. The standard InChI is InChI=1S/C12H16F6O6S2/c1-7(24-10(19)8-4-2-3-5-8)6-9(25(20,21)11(13,14)15)26(22,23)12(16,17)18/h7-9H,2-6H2,1H3. The molecule has 0 aromatic heterocycles. The summed E-state index contributed by atoms with van der Waals surface area (Å²) in [7, 11) is -13.5. The van der Waals surface area contributed by atoms with Gasteiger partial charge in [0.2, 0.25) is 0 Å². The maximum Gasteiger partial charge on any atom is 0.498 e. The van der Waals surface area contributed by atoms with E-state index >= 15 is 0 Å². The molecule has 0 aliphatic heterocycles. The average Bonchev–Trinajstić information content (AvgIpc) is 2.96. The highest BCUT2D eigenvalue weighted by atomic mass is 32.3. The maximum atomic E-state index is 12.6. The highest BCUT2D eigenvalue weighted by molar-refractivity contribution is 8.09. The van der Waals surface area contributed by atoms with Gasteiger partial charge in [0.25, 0.3) is 19.7 Å². The predicted octanol–water partition coefficient (Wildman–Crippen LogP) is 2.69. The molecule has 0 N–H and O–H groups in total. The Balaban J connectivity index is 3.12. The number of sulfone groups is 2. The third kappa shape index (κ3) is 4.81. The fourth-order valence-corrected chi connectivity index (χ4v) is 6.13. The van der Waals surface area contributed by atoms with E-state index in [-0.39, 0.29) is 0 Å². The van der Waals surface area contributed by atoms with E-state index in [2.05, 4.69) is 4.74 Å². The van der Waals surface area contributed by atoms with Crippen LogP contribution >= 0.6 is 0 Å². The molecule has 14 heteroatoms. The Bertz CT molecular complexity index is 674. The van der Waals surface area contributed by atoms with Crippen molar-refractivity contribution in [2.45, 2.75) is 60.7 Å². The van der Waals surface area contributed by atoms with E-state index in [0.29, 0.717) is 25.7 Å². The molecule has 6 nitrogen and oxygen atoms in total. The fraction of sp³-hybridized carbons (Fsp3) is 0.917. The van der Waals surface area contributed by atoms with Crippen molar-refractivity contribution in [1.29, 1.82) is 0 Å². The summed E-state index contributed by atoms with van der Waals surface area (Å²) in [6.07, 6.45) is -1.29. The number of alkyl halides is 6. The first-order chi connectivity index (χ1) is 11.5. The van der Waals surface area contributed by atoms with E-state index < -0.39 is 59.7 Å². The maximum absolute atomic E-state index is 12.6. The summed E-state index contributed by atoms with van der Waals surface area (Å²) in [5.41, 5.74) is -12.5. The summed E-state index contributed by atoms with van der Waals surface area (Å²) in [5, 5.41) is 0. The first kappa shape index (κ1) is 23.0. The Labute approximate surface area is 145 Å². The topological polar surface area (TPSA) is 94.6 Å². The van der Waals surface area contributed by atoms with E-state index in [1.807, 2.05) is 0 Å². The summed E-state index contributed by atoms with van der Waals surface area (Å²) in [6, 6.07) is 0. The van der Waals surface area contributed by atoms with Crippen LogP contribution in [-0.4, -0.2) is 44.5 Å². The molecule has 1 atom stereocenters. The minimum atomic E-state index is -6.73. The SMILES string of the molecule is CC(CC(S(=O)(=O)C(F)(F)F)S(=O)(=O)C(F)(F)F)OC(=O)C1CCCC1. The van der Waals surface area contributed by atoms with E-state index in [4.69, 9.17) is 0 Å². The second-order valence-electron chi connectivity index (χ2n) is 5.88. The van der Waals surface area contributed by atoms with Gasteiger partial charge in [0.05, 0.1) is 5.92 Å². The van der Waals surface area contributed by atoms with Crippen LogP contribution in [0.3, 0.4) is 0 Å². The van der Waals surface area contributed by atoms with Crippen LogP contribution < -0.4 is 0 Å². The molecule has 1 aliphatic carbocycles. The van der Waals surface area contributed by atoms with Crippen LogP contribution in [0.5, 0.6) is 0 Å². The van der Waals surface area contributed by atoms with Crippen LogP contribution in [0.1, 0.15) is 39.0 Å². The molecule has 1 saturated carbocycles. The van der Waals surface area contributed by atoms with Gasteiger partial charge in [0.15, 0.2) is 4.58 Å². The van der Waals surface area contributed by atoms with Gasteiger partial charge in [0, 0.05) is 6.42 Å². The van der Waals surface area contributed by atoms with Gasteiger partial charge in [-0.05, 0) is 19.8 Å². The monoisotopic (exact) mass is 434 g/mol.